The van der Waals surface area contributed by atoms with Crippen molar-refractivity contribution in [1.29, 1.82) is 0 Å². The Balaban J connectivity index is 2.71. The number of hydrogen-bond donors (Lipinski definition) is 2. The van der Waals surface area contributed by atoms with Crippen LogP contribution in [-0.2, 0) is 20.9 Å². The van der Waals surface area contributed by atoms with Crippen LogP contribution in [-0.4, -0.2) is 30.4 Å². The van der Waals surface area contributed by atoms with E-state index in [-0.39, 0.29) is 18.9 Å². The van der Waals surface area contributed by atoms with E-state index in [1.165, 1.54) is 0 Å². The molecular weight excluding hydrogens is 368 g/mol. The lowest BCUT2D eigenvalue weighted by molar-refractivity contribution is -0.126. The Labute approximate surface area is 172 Å². The number of aldehydes is 1. The highest BCUT2D eigenvalue weighted by Crippen LogP contribution is 2.09. The van der Waals surface area contributed by atoms with Crippen LogP contribution in [0.15, 0.2) is 67.3 Å². The first-order valence-corrected chi connectivity index (χ1v) is 9.56. The third-order valence-electron chi connectivity index (χ3n) is 4.07. The zero-order valence-electron chi connectivity index (χ0n) is 17.1. The van der Waals surface area contributed by atoms with Crippen LogP contribution >= 0.6 is 0 Å². The van der Waals surface area contributed by atoms with Gasteiger partial charge in [-0.1, -0.05) is 75.6 Å². The zero-order valence-corrected chi connectivity index (χ0v) is 17.1. The third kappa shape index (κ3) is 9.55. The molecule has 0 radical (unpaired) electrons. The van der Waals surface area contributed by atoms with Gasteiger partial charge in [0, 0.05) is 0 Å². The van der Waals surface area contributed by atoms with Crippen molar-refractivity contribution in [2.45, 2.75) is 45.4 Å². The number of ether oxygens (including phenoxy) is 1. The fourth-order valence-electron chi connectivity index (χ4n) is 2.65. The number of alkyl carbamates (subject to hydrolysis) is 1. The van der Waals surface area contributed by atoms with Gasteiger partial charge in [-0.3, -0.25) is 4.79 Å². The van der Waals surface area contributed by atoms with Crippen LogP contribution in [0.5, 0.6) is 0 Å². The maximum Gasteiger partial charge on any atom is 0.408 e. The fraction of sp³-hybridized carbons (Fsp3) is 0.348. The van der Waals surface area contributed by atoms with E-state index in [2.05, 4.69) is 23.8 Å². The molecule has 0 saturated heterocycles. The normalized spacial score (nSPS) is 13.1. The number of nitrogens with one attached hydrogen (secondary N) is 2. The molecule has 2 amide bonds. The van der Waals surface area contributed by atoms with Crippen molar-refractivity contribution in [3.63, 3.8) is 0 Å². The van der Waals surface area contributed by atoms with Crippen molar-refractivity contribution in [2.75, 3.05) is 0 Å². The Morgan fingerprint density at radius 2 is 1.83 bits per heavy atom. The summed E-state index contributed by atoms with van der Waals surface area (Å²) in [6, 6.07) is 7.72. The summed E-state index contributed by atoms with van der Waals surface area (Å²) in [7, 11) is 0. The van der Waals surface area contributed by atoms with Gasteiger partial charge in [-0.2, -0.15) is 0 Å². The molecule has 0 heterocycles. The Bertz CT molecular complexity index is 726. The van der Waals surface area contributed by atoms with Gasteiger partial charge in [0.25, 0.3) is 0 Å². The molecule has 1 aromatic carbocycles. The van der Waals surface area contributed by atoms with E-state index in [9.17, 15) is 14.4 Å². The maximum absolute atomic E-state index is 12.7. The molecule has 1 unspecified atom stereocenters. The van der Waals surface area contributed by atoms with E-state index in [0.717, 1.165) is 11.1 Å². The first-order chi connectivity index (χ1) is 13.9. The number of carbonyl (C=O) groups excluding carboxylic acids is 3. The molecule has 156 valence electrons. The van der Waals surface area contributed by atoms with Gasteiger partial charge in [-0.15, -0.1) is 0 Å². The summed E-state index contributed by atoms with van der Waals surface area (Å²) in [5, 5.41) is 5.27. The standard InChI is InChI=1S/C23H30N2O4/c1-5-10-18(6-2)14-20(15-26)24-22(27)21(13-17(3)4)25-23(28)29-16-19-11-8-7-9-12-19/h5-12,15,17,20-21H,1-2,13-14,16H2,3-4H3,(H,24,27)(H,25,28)/b18-10+/t20?,21-/m0/s1. The molecule has 0 spiro atoms. The van der Waals surface area contributed by atoms with Crippen LogP contribution in [0.4, 0.5) is 4.79 Å². The van der Waals surface area contributed by atoms with Gasteiger partial charge in [0.05, 0.1) is 6.04 Å². The summed E-state index contributed by atoms with van der Waals surface area (Å²) in [5.74, 6) is -0.284. The van der Waals surface area contributed by atoms with Crippen LogP contribution < -0.4 is 10.6 Å². The second-order valence-corrected chi connectivity index (χ2v) is 7.02. The molecule has 0 fully saturated rings. The number of benzene rings is 1. The molecule has 6 heteroatoms. The van der Waals surface area contributed by atoms with E-state index in [0.29, 0.717) is 12.7 Å². The van der Waals surface area contributed by atoms with E-state index in [4.69, 9.17) is 4.74 Å². The van der Waals surface area contributed by atoms with E-state index in [1.54, 1.807) is 18.2 Å². The molecule has 0 aromatic heterocycles. The Morgan fingerprint density at radius 1 is 1.14 bits per heavy atom. The minimum absolute atomic E-state index is 0.106. The molecule has 0 aliphatic carbocycles. The predicted molar refractivity (Wildman–Crippen MR) is 114 cm³/mol. The highest BCUT2D eigenvalue weighted by atomic mass is 16.5. The molecule has 1 aromatic rings. The highest BCUT2D eigenvalue weighted by Gasteiger charge is 2.25. The van der Waals surface area contributed by atoms with Crippen LogP contribution in [0.1, 0.15) is 32.3 Å². The lowest BCUT2D eigenvalue weighted by atomic mass is 10.0. The van der Waals surface area contributed by atoms with Crippen LogP contribution in [0.25, 0.3) is 0 Å². The second kappa shape index (κ2) is 13.1. The van der Waals surface area contributed by atoms with Crippen LogP contribution in [0, 0.1) is 5.92 Å². The van der Waals surface area contributed by atoms with Crippen molar-refractivity contribution < 1.29 is 19.1 Å². The number of rotatable bonds is 12. The smallest absolute Gasteiger partial charge is 0.408 e. The Morgan fingerprint density at radius 3 is 2.38 bits per heavy atom. The van der Waals surface area contributed by atoms with Gasteiger partial charge in [-0.25, -0.2) is 4.79 Å². The second-order valence-electron chi connectivity index (χ2n) is 7.02. The average molecular weight is 399 g/mol. The van der Waals surface area contributed by atoms with Gasteiger partial charge < -0.3 is 20.2 Å². The topological polar surface area (TPSA) is 84.5 Å². The summed E-state index contributed by atoms with van der Waals surface area (Å²) in [4.78, 5) is 36.2. The van der Waals surface area contributed by atoms with Crippen molar-refractivity contribution in [1.82, 2.24) is 10.6 Å². The monoisotopic (exact) mass is 398 g/mol. The van der Waals surface area contributed by atoms with E-state index in [1.807, 2.05) is 44.2 Å². The summed E-state index contributed by atoms with van der Waals surface area (Å²) < 4.78 is 5.20. The van der Waals surface area contributed by atoms with Gasteiger partial charge in [0.2, 0.25) is 5.91 Å². The minimum Gasteiger partial charge on any atom is -0.445 e. The highest BCUT2D eigenvalue weighted by molar-refractivity contribution is 5.87. The molecule has 6 nitrogen and oxygen atoms in total. The molecule has 2 atom stereocenters. The average Bonchev–Trinajstić information content (AvgIpc) is 2.71. The van der Waals surface area contributed by atoms with Gasteiger partial charge in [0.15, 0.2) is 0 Å². The summed E-state index contributed by atoms with van der Waals surface area (Å²) in [6.07, 6.45) is 5.60. The molecule has 0 saturated carbocycles. The predicted octanol–water partition coefficient (Wildman–Crippen LogP) is 3.70. The largest absolute Gasteiger partial charge is 0.445 e. The minimum atomic E-state index is -0.809. The quantitative estimate of drug-likeness (QED) is 0.415. The number of allylic oxidation sites excluding steroid dienone is 3. The Kier molecular flexibility index (Phi) is 10.8. The number of carbonyl (C=O) groups is 3. The van der Waals surface area contributed by atoms with Crippen molar-refractivity contribution in [2.24, 2.45) is 5.92 Å². The zero-order chi connectivity index (χ0) is 21.6. The number of amides is 2. The first-order valence-electron chi connectivity index (χ1n) is 9.56. The van der Waals surface area contributed by atoms with Crippen molar-refractivity contribution >= 4 is 18.3 Å². The SMILES string of the molecule is C=C/C=C(\C=C)CC(C=O)NC(=O)[C@H](CC(C)C)NC(=O)OCc1ccccc1. The van der Waals surface area contributed by atoms with Gasteiger partial charge in [-0.05, 0) is 29.9 Å². The molecule has 2 N–H and O–H groups in total. The van der Waals surface area contributed by atoms with Crippen molar-refractivity contribution in [3.05, 3.63) is 72.9 Å². The molecule has 29 heavy (non-hydrogen) atoms. The van der Waals surface area contributed by atoms with E-state index < -0.39 is 24.1 Å². The number of hydrogen-bond acceptors (Lipinski definition) is 4. The molecule has 1 rings (SSSR count). The summed E-state index contributed by atoms with van der Waals surface area (Å²) in [5.41, 5.74) is 1.62. The third-order valence-corrected chi connectivity index (χ3v) is 4.07. The van der Waals surface area contributed by atoms with Crippen molar-refractivity contribution in [3.8, 4) is 0 Å². The van der Waals surface area contributed by atoms with Crippen LogP contribution in [0.3, 0.4) is 0 Å². The van der Waals surface area contributed by atoms with Crippen LogP contribution in [0.2, 0.25) is 0 Å². The maximum atomic E-state index is 12.7. The molecule has 0 aliphatic rings. The lowest BCUT2D eigenvalue weighted by Gasteiger charge is -2.22. The molecular formula is C23H30N2O4. The molecule has 0 aliphatic heterocycles. The van der Waals surface area contributed by atoms with E-state index >= 15 is 0 Å². The molecule has 0 bridgehead atoms. The summed E-state index contributed by atoms with van der Waals surface area (Å²) >= 11 is 0. The van der Waals surface area contributed by atoms with Gasteiger partial charge in [0.1, 0.15) is 18.9 Å². The lowest BCUT2D eigenvalue weighted by Crippen LogP contribution is -2.50. The Hall–Kier alpha value is -3.15. The summed E-state index contributed by atoms with van der Waals surface area (Å²) in [6.45, 7) is 11.3. The first kappa shape index (κ1) is 23.9. The fourth-order valence-corrected chi connectivity index (χ4v) is 2.65. The van der Waals surface area contributed by atoms with Gasteiger partial charge >= 0.3 is 6.09 Å².